The molecule has 0 aromatic carbocycles. The molecule has 1 heterocycles. The summed E-state index contributed by atoms with van der Waals surface area (Å²) < 4.78 is 5.81. The molecular formula is C9H19NO2S. The van der Waals surface area contributed by atoms with Crippen molar-refractivity contribution >= 4 is 11.8 Å². The van der Waals surface area contributed by atoms with Gasteiger partial charge in [-0.05, 0) is 26.0 Å². The molecule has 0 radical (unpaired) electrons. The van der Waals surface area contributed by atoms with Gasteiger partial charge in [-0.25, -0.2) is 0 Å². The van der Waals surface area contributed by atoms with Crippen molar-refractivity contribution in [3.8, 4) is 0 Å². The molecule has 0 aromatic heterocycles. The van der Waals surface area contributed by atoms with Gasteiger partial charge in [-0.1, -0.05) is 0 Å². The SMILES string of the molecule is CC(O)C(C)OC1(CN)CCSC1. The van der Waals surface area contributed by atoms with Gasteiger partial charge in [-0.2, -0.15) is 11.8 Å². The fourth-order valence-corrected chi connectivity index (χ4v) is 2.75. The molecule has 1 aliphatic heterocycles. The van der Waals surface area contributed by atoms with Crippen LogP contribution in [0, 0.1) is 0 Å². The van der Waals surface area contributed by atoms with Crippen molar-refractivity contribution in [1.82, 2.24) is 0 Å². The zero-order chi connectivity index (χ0) is 9.90. The maximum absolute atomic E-state index is 9.32. The van der Waals surface area contributed by atoms with Crippen LogP contribution in [0.1, 0.15) is 20.3 Å². The number of aliphatic hydroxyl groups excluding tert-OH is 1. The van der Waals surface area contributed by atoms with Gasteiger partial charge in [0.2, 0.25) is 0 Å². The second-order valence-electron chi connectivity index (χ2n) is 3.75. The number of thioether (sulfide) groups is 1. The fraction of sp³-hybridized carbons (Fsp3) is 1.00. The zero-order valence-electron chi connectivity index (χ0n) is 8.32. The molecule has 0 aliphatic carbocycles. The first kappa shape index (κ1) is 11.3. The summed E-state index contributed by atoms with van der Waals surface area (Å²) in [6.07, 6.45) is 0.460. The van der Waals surface area contributed by atoms with E-state index in [1.165, 1.54) is 0 Å². The van der Waals surface area contributed by atoms with Crippen LogP contribution in [0.25, 0.3) is 0 Å². The highest BCUT2D eigenvalue weighted by atomic mass is 32.2. The first-order chi connectivity index (χ1) is 6.09. The minimum atomic E-state index is -0.422. The Morgan fingerprint density at radius 3 is 2.69 bits per heavy atom. The second-order valence-corrected chi connectivity index (χ2v) is 4.86. The van der Waals surface area contributed by atoms with Gasteiger partial charge in [-0.3, -0.25) is 0 Å². The van der Waals surface area contributed by atoms with Gasteiger partial charge in [0.05, 0.1) is 17.8 Å². The summed E-state index contributed by atoms with van der Waals surface area (Å²) in [5.41, 5.74) is 5.52. The summed E-state index contributed by atoms with van der Waals surface area (Å²) in [6, 6.07) is 0. The van der Waals surface area contributed by atoms with Crippen molar-refractivity contribution in [3.63, 3.8) is 0 Å². The number of nitrogens with two attached hydrogens (primary N) is 1. The zero-order valence-corrected chi connectivity index (χ0v) is 9.14. The molecule has 0 bridgehead atoms. The smallest absolute Gasteiger partial charge is 0.0906 e. The van der Waals surface area contributed by atoms with Crippen molar-refractivity contribution in [3.05, 3.63) is 0 Å². The Labute approximate surface area is 84.0 Å². The third kappa shape index (κ3) is 2.84. The molecule has 1 fully saturated rings. The lowest BCUT2D eigenvalue weighted by Crippen LogP contribution is -2.45. The predicted octanol–water partition coefficient (Wildman–Crippen LogP) is 0.607. The Morgan fingerprint density at radius 1 is 1.62 bits per heavy atom. The Kier molecular flexibility index (Phi) is 4.04. The highest BCUT2D eigenvalue weighted by Crippen LogP contribution is 2.31. The number of hydrogen-bond donors (Lipinski definition) is 2. The highest BCUT2D eigenvalue weighted by Gasteiger charge is 2.36. The quantitative estimate of drug-likeness (QED) is 0.706. The van der Waals surface area contributed by atoms with Crippen molar-refractivity contribution < 1.29 is 9.84 Å². The van der Waals surface area contributed by atoms with E-state index < -0.39 is 6.10 Å². The molecule has 13 heavy (non-hydrogen) atoms. The first-order valence-corrected chi connectivity index (χ1v) is 5.89. The molecule has 1 rings (SSSR count). The third-order valence-electron chi connectivity index (χ3n) is 2.55. The van der Waals surface area contributed by atoms with Crippen molar-refractivity contribution in [2.45, 2.75) is 38.1 Å². The van der Waals surface area contributed by atoms with Gasteiger partial charge < -0.3 is 15.6 Å². The molecule has 1 saturated heterocycles. The van der Waals surface area contributed by atoms with Crippen LogP contribution in [-0.4, -0.2) is 41.0 Å². The lowest BCUT2D eigenvalue weighted by Gasteiger charge is -2.31. The number of ether oxygens (including phenoxy) is 1. The van der Waals surface area contributed by atoms with Crippen LogP contribution >= 0.6 is 11.8 Å². The van der Waals surface area contributed by atoms with Crippen molar-refractivity contribution in [2.75, 3.05) is 18.1 Å². The van der Waals surface area contributed by atoms with Gasteiger partial charge in [0, 0.05) is 12.3 Å². The summed E-state index contributed by atoms with van der Waals surface area (Å²) in [4.78, 5) is 0. The molecule has 0 spiro atoms. The molecule has 0 aromatic rings. The Hall–Kier alpha value is 0.230. The highest BCUT2D eigenvalue weighted by molar-refractivity contribution is 7.99. The number of hydrogen-bond acceptors (Lipinski definition) is 4. The Bertz CT molecular complexity index is 158. The summed E-state index contributed by atoms with van der Waals surface area (Å²) >= 11 is 1.87. The van der Waals surface area contributed by atoms with Crippen molar-refractivity contribution in [1.29, 1.82) is 0 Å². The molecule has 0 saturated carbocycles. The third-order valence-corrected chi connectivity index (χ3v) is 3.78. The average Bonchev–Trinajstić information content (AvgIpc) is 2.54. The molecule has 3 nitrogen and oxygen atoms in total. The Balaban J connectivity index is 2.48. The van der Waals surface area contributed by atoms with Crippen molar-refractivity contribution in [2.24, 2.45) is 5.73 Å². The maximum Gasteiger partial charge on any atom is 0.0906 e. The molecule has 0 amide bonds. The number of rotatable bonds is 4. The van der Waals surface area contributed by atoms with Gasteiger partial charge in [0.1, 0.15) is 0 Å². The summed E-state index contributed by atoms with van der Waals surface area (Å²) in [5.74, 6) is 2.07. The minimum Gasteiger partial charge on any atom is -0.391 e. The van der Waals surface area contributed by atoms with E-state index >= 15 is 0 Å². The van der Waals surface area contributed by atoms with E-state index in [0.717, 1.165) is 17.9 Å². The van der Waals surface area contributed by atoms with Gasteiger partial charge in [-0.15, -0.1) is 0 Å². The topological polar surface area (TPSA) is 55.5 Å². The lowest BCUT2D eigenvalue weighted by molar-refractivity contribution is -0.106. The first-order valence-electron chi connectivity index (χ1n) is 4.73. The van der Waals surface area contributed by atoms with Crippen LogP contribution in [0.15, 0.2) is 0 Å². The Morgan fingerprint density at radius 2 is 2.31 bits per heavy atom. The molecule has 78 valence electrons. The normalized spacial score (nSPS) is 33.2. The average molecular weight is 205 g/mol. The largest absolute Gasteiger partial charge is 0.391 e. The van der Waals surface area contributed by atoms with Crippen LogP contribution in [-0.2, 0) is 4.74 Å². The van der Waals surface area contributed by atoms with Crippen LogP contribution < -0.4 is 5.73 Å². The molecule has 3 unspecified atom stereocenters. The molecule has 1 aliphatic rings. The molecular weight excluding hydrogens is 186 g/mol. The van der Waals surface area contributed by atoms with Gasteiger partial charge in [0.25, 0.3) is 0 Å². The van der Waals surface area contributed by atoms with E-state index in [1.54, 1.807) is 6.92 Å². The van der Waals surface area contributed by atoms with Crippen LogP contribution in [0.2, 0.25) is 0 Å². The van der Waals surface area contributed by atoms with E-state index in [4.69, 9.17) is 10.5 Å². The summed E-state index contributed by atoms with van der Waals surface area (Å²) in [6.45, 7) is 4.19. The second kappa shape index (κ2) is 4.64. The van der Waals surface area contributed by atoms with E-state index in [0.29, 0.717) is 6.54 Å². The minimum absolute atomic E-state index is 0.123. The fourth-order valence-electron chi connectivity index (χ4n) is 1.38. The lowest BCUT2D eigenvalue weighted by atomic mass is 10.0. The molecule has 4 heteroatoms. The molecule has 3 N–H and O–H groups in total. The van der Waals surface area contributed by atoms with E-state index in [-0.39, 0.29) is 11.7 Å². The predicted molar refractivity (Wildman–Crippen MR) is 56.0 cm³/mol. The van der Waals surface area contributed by atoms with Crippen LogP contribution in [0.5, 0.6) is 0 Å². The van der Waals surface area contributed by atoms with Gasteiger partial charge in [0.15, 0.2) is 0 Å². The van der Waals surface area contributed by atoms with Crippen LogP contribution in [0.4, 0.5) is 0 Å². The van der Waals surface area contributed by atoms with Crippen LogP contribution in [0.3, 0.4) is 0 Å². The molecule has 3 atom stereocenters. The summed E-state index contributed by atoms with van der Waals surface area (Å²) in [5, 5.41) is 9.32. The monoisotopic (exact) mass is 205 g/mol. The summed E-state index contributed by atoms with van der Waals surface area (Å²) in [7, 11) is 0. The van der Waals surface area contributed by atoms with E-state index in [2.05, 4.69) is 0 Å². The number of aliphatic hydroxyl groups is 1. The standard InChI is InChI=1S/C9H19NO2S/c1-7(11)8(2)12-9(5-10)3-4-13-6-9/h7-8,11H,3-6,10H2,1-2H3. The van der Waals surface area contributed by atoms with E-state index in [1.807, 2.05) is 18.7 Å². The maximum atomic E-state index is 9.32. The van der Waals surface area contributed by atoms with E-state index in [9.17, 15) is 5.11 Å². The van der Waals surface area contributed by atoms with Gasteiger partial charge >= 0.3 is 0 Å².